The van der Waals surface area contributed by atoms with Crippen LogP contribution in [0.4, 0.5) is 27.1 Å². The number of nitrogens with zero attached hydrogens (tertiary/aromatic N) is 1. The van der Waals surface area contributed by atoms with Gasteiger partial charge in [-0.05, 0) is 24.3 Å². The minimum Gasteiger partial charge on any atom is -0.388 e. The summed E-state index contributed by atoms with van der Waals surface area (Å²) < 4.78 is 13.1. The van der Waals surface area contributed by atoms with Crippen molar-refractivity contribution in [1.82, 2.24) is 0 Å². The van der Waals surface area contributed by atoms with Crippen LogP contribution in [0.25, 0.3) is 0 Å². The van der Waals surface area contributed by atoms with Crippen molar-refractivity contribution in [3.8, 4) is 0 Å². The molecule has 0 amide bonds. The number of hydrogen-bond acceptors (Lipinski definition) is 4. The summed E-state index contributed by atoms with van der Waals surface area (Å²) in [6.45, 7) is 0. The van der Waals surface area contributed by atoms with Gasteiger partial charge in [0.1, 0.15) is 5.82 Å². The molecule has 2 rings (SSSR count). The van der Waals surface area contributed by atoms with Gasteiger partial charge in [-0.15, -0.1) is 0 Å². The van der Waals surface area contributed by atoms with Crippen LogP contribution < -0.4 is 10.6 Å². The maximum absolute atomic E-state index is 13.1. The Balaban J connectivity index is 2.34. The molecule has 2 aromatic carbocycles. The van der Waals surface area contributed by atoms with E-state index in [1.807, 2.05) is 0 Å². The SMILES string of the molecule is CNc1cc(Nc2ccc(F)c(Cl)c2)cc([N+](=O)[O-])c1. The van der Waals surface area contributed by atoms with Gasteiger partial charge in [0, 0.05) is 36.2 Å². The van der Waals surface area contributed by atoms with E-state index < -0.39 is 10.7 Å². The van der Waals surface area contributed by atoms with Crippen molar-refractivity contribution in [3.05, 3.63) is 57.4 Å². The molecule has 0 radical (unpaired) electrons. The zero-order valence-electron chi connectivity index (χ0n) is 10.5. The van der Waals surface area contributed by atoms with Crippen LogP contribution >= 0.6 is 11.6 Å². The number of rotatable bonds is 4. The molecular formula is C13H11ClFN3O2. The molecule has 0 heterocycles. The molecule has 0 unspecified atom stereocenters. The molecule has 0 saturated heterocycles. The Morgan fingerprint density at radius 3 is 2.45 bits per heavy atom. The van der Waals surface area contributed by atoms with Crippen molar-refractivity contribution in [2.24, 2.45) is 0 Å². The van der Waals surface area contributed by atoms with Crippen LogP contribution in [0.5, 0.6) is 0 Å². The molecule has 7 heteroatoms. The normalized spacial score (nSPS) is 10.2. The van der Waals surface area contributed by atoms with Crippen LogP contribution in [0.3, 0.4) is 0 Å². The smallest absolute Gasteiger partial charge is 0.273 e. The van der Waals surface area contributed by atoms with E-state index >= 15 is 0 Å². The highest BCUT2D eigenvalue weighted by atomic mass is 35.5. The molecule has 0 atom stereocenters. The fourth-order valence-electron chi connectivity index (χ4n) is 1.67. The summed E-state index contributed by atoms with van der Waals surface area (Å²) in [7, 11) is 1.66. The lowest BCUT2D eigenvalue weighted by atomic mass is 10.2. The Kier molecular flexibility index (Phi) is 4.05. The van der Waals surface area contributed by atoms with Crippen LogP contribution in [-0.4, -0.2) is 12.0 Å². The third-order valence-corrected chi connectivity index (χ3v) is 2.92. The Morgan fingerprint density at radius 1 is 1.15 bits per heavy atom. The van der Waals surface area contributed by atoms with Crippen LogP contribution in [0, 0.1) is 15.9 Å². The molecule has 0 fully saturated rings. The van der Waals surface area contributed by atoms with Gasteiger partial charge in [-0.25, -0.2) is 4.39 Å². The first kappa shape index (κ1) is 14.1. The Bertz CT molecular complexity index is 664. The first-order valence-corrected chi connectivity index (χ1v) is 6.06. The summed E-state index contributed by atoms with van der Waals surface area (Å²) in [5.74, 6) is -0.521. The molecule has 0 saturated carbocycles. The summed E-state index contributed by atoms with van der Waals surface area (Å²) in [5, 5.41) is 16.6. The standard InChI is InChI=1S/C13H11ClFN3O2/c1-16-9-4-10(6-11(5-9)18(19)20)17-8-2-3-13(15)12(14)7-8/h2-7,16-17H,1H3. The highest BCUT2D eigenvalue weighted by Crippen LogP contribution is 2.28. The van der Waals surface area contributed by atoms with Crippen LogP contribution in [-0.2, 0) is 0 Å². The van der Waals surface area contributed by atoms with Gasteiger partial charge in [0.15, 0.2) is 0 Å². The minimum absolute atomic E-state index is 0.0192. The molecular weight excluding hydrogens is 285 g/mol. The van der Waals surface area contributed by atoms with Gasteiger partial charge in [-0.1, -0.05) is 11.6 Å². The fraction of sp³-hybridized carbons (Fsp3) is 0.0769. The Morgan fingerprint density at radius 2 is 1.85 bits per heavy atom. The Labute approximate surface area is 119 Å². The summed E-state index contributed by atoms with van der Waals surface area (Å²) in [4.78, 5) is 10.4. The predicted molar refractivity (Wildman–Crippen MR) is 77.3 cm³/mol. The van der Waals surface area contributed by atoms with Crippen molar-refractivity contribution >= 4 is 34.4 Å². The van der Waals surface area contributed by atoms with E-state index in [0.29, 0.717) is 17.1 Å². The molecule has 104 valence electrons. The number of hydrogen-bond donors (Lipinski definition) is 2. The van der Waals surface area contributed by atoms with Crippen molar-refractivity contribution in [2.45, 2.75) is 0 Å². The lowest BCUT2D eigenvalue weighted by Crippen LogP contribution is -1.97. The molecule has 5 nitrogen and oxygen atoms in total. The topological polar surface area (TPSA) is 67.2 Å². The average molecular weight is 296 g/mol. The largest absolute Gasteiger partial charge is 0.388 e. The van der Waals surface area contributed by atoms with E-state index in [4.69, 9.17) is 11.6 Å². The molecule has 0 aromatic heterocycles. The first-order chi connectivity index (χ1) is 9.49. The summed E-state index contributed by atoms with van der Waals surface area (Å²) in [6, 6.07) is 8.64. The number of benzene rings is 2. The number of nitrogens with one attached hydrogen (secondary N) is 2. The third kappa shape index (κ3) is 3.16. The summed E-state index contributed by atoms with van der Waals surface area (Å²) >= 11 is 5.68. The number of anilines is 3. The minimum atomic E-state index is -0.521. The van der Waals surface area contributed by atoms with Gasteiger partial charge in [-0.3, -0.25) is 10.1 Å². The number of non-ortho nitro benzene ring substituents is 1. The molecule has 2 aromatic rings. The van der Waals surface area contributed by atoms with E-state index in [1.165, 1.54) is 30.3 Å². The highest BCUT2D eigenvalue weighted by Gasteiger charge is 2.10. The fourth-order valence-corrected chi connectivity index (χ4v) is 1.85. The number of halogens is 2. The van der Waals surface area contributed by atoms with Crippen LogP contribution in [0.15, 0.2) is 36.4 Å². The van der Waals surface area contributed by atoms with E-state index in [9.17, 15) is 14.5 Å². The van der Waals surface area contributed by atoms with E-state index in [1.54, 1.807) is 13.1 Å². The molecule has 0 bridgehead atoms. The van der Waals surface area contributed by atoms with Crippen LogP contribution in [0.2, 0.25) is 5.02 Å². The van der Waals surface area contributed by atoms with Crippen molar-refractivity contribution < 1.29 is 9.31 Å². The summed E-state index contributed by atoms with van der Waals surface area (Å²) in [5.41, 5.74) is 1.59. The third-order valence-electron chi connectivity index (χ3n) is 2.63. The van der Waals surface area contributed by atoms with Gasteiger partial charge < -0.3 is 10.6 Å². The molecule has 0 aliphatic rings. The molecule has 2 N–H and O–H groups in total. The van der Waals surface area contributed by atoms with Gasteiger partial charge >= 0.3 is 0 Å². The van der Waals surface area contributed by atoms with Crippen LogP contribution in [0.1, 0.15) is 0 Å². The predicted octanol–water partition coefficient (Wildman–Crippen LogP) is 4.17. The lowest BCUT2D eigenvalue weighted by molar-refractivity contribution is -0.384. The quantitative estimate of drug-likeness (QED) is 0.656. The van der Waals surface area contributed by atoms with E-state index in [0.717, 1.165) is 0 Å². The summed E-state index contributed by atoms with van der Waals surface area (Å²) in [6.07, 6.45) is 0. The molecule has 0 aliphatic heterocycles. The van der Waals surface area contributed by atoms with Gasteiger partial charge in [0.05, 0.1) is 9.95 Å². The number of nitro benzene ring substituents is 1. The molecule has 20 heavy (non-hydrogen) atoms. The molecule has 0 spiro atoms. The number of nitro groups is 1. The Hall–Kier alpha value is -2.34. The monoisotopic (exact) mass is 295 g/mol. The lowest BCUT2D eigenvalue weighted by Gasteiger charge is -2.09. The van der Waals surface area contributed by atoms with E-state index in [2.05, 4.69) is 10.6 Å². The van der Waals surface area contributed by atoms with Gasteiger partial charge in [-0.2, -0.15) is 0 Å². The second kappa shape index (κ2) is 5.75. The first-order valence-electron chi connectivity index (χ1n) is 5.69. The zero-order valence-corrected chi connectivity index (χ0v) is 11.2. The zero-order chi connectivity index (χ0) is 14.7. The van der Waals surface area contributed by atoms with Crippen molar-refractivity contribution in [2.75, 3.05) is 17.7 Å². The second-order valence-electron chi connectivity index (χ2n) is 4.03. The van der Waals surface area contributed by atoms with Crippen molar-refractivity contribution in [3.63, 3.8) is 0 Å². The van der Waals surface area contributed by atoms with E-state index in [-0.39, 0.29) is 10.7 Å². The second-order valence-corrected chi connectivity index (χ2v) is 4.44. The van der Waals surface area contributed by atoms with Gasteiger partial charge in [0.2, 0.25) is 0 Å². The maximum Gasteiger partial charge on any atom is 0.273 e. The highest BCUT2D eigenvalue weighted by molar-refractivity contribution is 6.31. The van der Waals surface area contributed by atoms with Crippen molar-refractivity contribution in [1.29, 1.82) is 0 Å². The average Bonchev–Trinajstić information content (AvgIpc) is 2.42. The molecule has 0 aliphatic carbocycles. The maximum atomic E-state index is 13.1. The van der Waals surface area contributed by atoms with Gasteiger partial charge in [0.25, 0.3) is 5.69 Å².